The monoisotopic (exact) mass is 164 g/mol. The summed E-state index contributed by atoms with van der Waals surface area (Å²) in [4.78, 5) is 11.4. The van der Waals surface area contributed by atoms with Crippen molar-refractivity contribution in [3.05, 3.63) is 0 Å². The molecule has 1 fully saturated rings. The summed E-state index contributed by atoms with van der Waals surface area (Å²) in [6.45, 7) is 1.73. The average Bonchev–Trinajstić information content (AvgIpc) is 2.32. The Morgan fingerprint density at radius 1 is 1.17 bits per heavy atom. The van der Waals surface area contributed by atoms with Crippen LogP contribution in [0.25, 0.3) is 0 Å². The van der Waals surface area contributed by atoms with Crippen molar-refractivity contribution in [2.24, 2.45) is 5.92 Å². The second-order valence-electron chi connectivity index (χ2n) is 3.43. The van der Waals surface area contributed by atoms with Crippen molar-refractivity contribution in [3.8, 4) is 11.8 Å². The fourth-order valence-electron chi connectivity index (χ4n) is 1.77. The third-order valence-electron chi connectivity index (χ3n) is 2.47. The Hall–Kier alpha value is -0.770. The van der Waals surface area contributed by atoms with E-state index in [2.05, 4.69) is 11.8 Å². The van der Waals surface area contributed by atoms with Crippen molar-refractivity contribution in [3.63, 3.8) is 0 Å². The van der Waals surface area contributed by atoms with Gasteiger partial charge in [-0.1, -0.05) is 31.6 Å². The molecule has 0 spiro atoms. The van der Waals surface area contributed by atoms with Gasteiger partial charge in [-0.25, -0.2) is 0 Å². The molecule has 0 heterocycles. The maximum Gasteiger partial charge on any atom is 0.208 e. The predicted octanol–water partition coefficient (Wildman–Crippen LogP) is 2.55. The lowest BCUT2D eigenvalue weighted by molar-refractivity contribution is -0.117. The molecule has 1 aliphatic rings. The van der Waals surface area contributed by atoms with Gasteiger partial charge in [0.05, 0.1) is 0 Å². The average molecular weight is 164 g/mol. The minimum Gasteiger partial charge on any atom is -0.285 e. The highest BCUT2D eigenvalue weighted by Crippen LogP contribution is 2.23. The molecule has 0 atom stereocenters. The van der Waals surface area contributed by atoms with E-state index < -0.39 is 0 Å². The molecule has 0 unspecified atom stereocenters. The van der Waals surface area contributed by atoms with Gasteiger partial charge in [0.2, 0.25) is 5.78 Å². The first-order chi connectivity index (χ1) is 5.84. The van der Waals surface area contributed by atoms with E-state index in [1.807, 2.05) is 0 Å². The lowest BCUT2D eigenvalue weighted by Gasteiger charge is -2.06. The van der Waals surface area contributed by atoms with Crippen LogP contribution < -0.4 is 0 Å². The Morgan fingerprint density at radius 2 is 1.75 bits per heavy atom. The van der Waals surface area contributed by atoms with Gasteiger partial charge in [0.1, 0.15) is 0 Å². The van der Waals surface area contributed by atoms with E-state index in [1.165, 1.54) is 25.7 Å². The number of rotatable bonds is 1. The van der Waals surface area contributed by atoms with Crippen molar-refractivity contribution in [2.75, 3.05) is 0 Å². The Bertz CT molecular complexity index is 199. The fourth-order valence-corrected chi connectivity index (χ4v) is 1.77. The van der Waals surface area contributed by atoms with Crippen LogP contribution in [0.1, 0.15) is 45.4 Å². The molecule has 0 N–H and O–H groups in total. The van der Waals surface area contributed by atoms with E-state index >= 15 is 0 Å². The van der Waals surface area contributed by atoms with E-state index in [9.17, 15) is 4.79 Å². The topological polar surface area (TPSA) is 17.1 Å². The van der Waals surface area contributed by atoms with Crippen molar-refractivity contribution < 1.29 is 4.79 Å². The largest absolute Gasteiger partial charge is 0.285 e. The summed E-state index contributed by atoms with van der Waals surface area (Å²) in [5.41, 5.74) is 0. The number of carbonyl (C=O) groups excluding carboxylic acids is 1. The van der Waals surface area contributed by atoms with Crippen LogP contribution in [0.2, 0.25) is 0 Å². The standard InChI is InChI=1S/C11H16O/c1-2-7-11(12)10-8-5-3-4-6-9-10/h10H,3-6,8-9H2,1H3. The maximum atomic E-state index is 11.4. The van der Waals surface area contributed by atoms with E-state index in [1.54, 1.807) is 6.92 Å². The van der Waals surface area contributed by atoms with Gasteiger partial charge in [-0.15, -0.1) is 0 Å². The van der Waals surface area contributed by atoms with Crippen LogP contribution in [-0.4, -0.2) is 5.78 Å². The van der Waals surface area contributed by atoms with E-state index in [0.29, 0.717) is 0 Å². The van der Waals surface area contributed by atoms with Crippen LogP contribution in [0.15, 0.2) is 0 Å². The molecule has 1 rings (SSSR count). The third-order valence-corrected chi connectivity index (χ3v) is 2.47. The summed E-state index contributed by atoms with van der Waals surface area (Å²) < 4.78 is 0. The molecule has 0 radical (unpaired) electrons. The van der Waals surface area contributed by atoms with Gasteiger partial charge < -0.3 is 0 Å². The normalized spacial score (nSPS) is 19.1. The van der Waals surface area contributed by atoms with Gasteiger partial charge in [-0.2, -0.15) is 0 Å². The second-order valence-corrected chi connectivity index (χ2v) is 3.43. The molecule has 1 nitrogen and oxygen atoms in total. The van der Waals surface area contributed by atoms with Gasteiger partial charge in [0, 0.05) is 5.92 Å². The summed E-state index contributed by atoms with van der Waals surface area (Å²) >= 11 is 0. The van der Waals surface area contributed by atoms with Crippen molar-refractivity contribution >= 4 is 5.78 Å². The molecule has 1 saturated carbocycles. The zero-order valence-electron chi connectivity index (χ0n) is 7.73. The van der Waals surface area contributed by atoms with Gasteiger partial charge in [-0.3, -0.25) is 4.79 Å². The zero-order chi connectivity index (χ0) is 8.81. The number of Topliss-reactive ketones (excluding diaryl/α,β-unsaturated/α-hetero) is 1. The smallest absolute Gasteiger partial charge is 0.208 e. The van der Waals surface area contributed by atoms with E-state index in [0.717, 1.165) is 12.8 Å². The molecule has 0 saturated heterocycles. The van der Waals surface area contributed by atoms with Crippen molar-refractivity contribution in [2.45, 2.75) is 45.4 Å². The molecule has 12 heavy (non-hydrogen) atoms. The number of ketones is 1. The van der Waals surface area contributed by atoms with E-state index in [4.69, 9.17) is 0 Å². The number of carbonyl (C=O) groups is 1. The van der Waals surface area contributed by atoms with Crippen LogP contribution in [0, 0.1) is 17.8 Å². The molecule has 0 aliphatic heterocycles. The van der Waals surface area contributed by atoms with Crippen LogP contribution in [0.3, 0.4) is 0 Å². The molecule has 1 aliphatic carbocycles. The number of hydrogen-bond donors (Lipinski definition) is 0. The predicted molar refractivity (Wildman–Crippen MR) is 49.6 cm³/mol. The van der Waals surface area contributed by atoms with Crippen molar-refractivity contribution in [1.29, 1.82) is 0 Å². The fraction of sp³-hybridized carbons (Fsp3) is 0.727. The Kier molecular flexibility index (Phi) is 3.87. The third kappa shape index (κ3) is 2.70. The molecular weight excluding hydrogens is 148 g/mol. The highest BCUT2D eigenvalue weighted by molar-refractivity contribution is 5.97. The summed E-state index contributed by atoms with van der Waals surface area (Å²) in [7, 11) is 0. The quantitative estimate of drug-likeness (QED) is 0.330. The lowest BCUT2D eigenvalue weighted by Crippen LogP contribution is -2.11. The van der Waals surface area contributed by atoms with Gasteiger partial charge in [0.25, 0.3) is 0 Å². The molecule has 0 aromatic carbocycles. The Balaban J connectivity index is 2.46. The molecule has 0 aromatic heterocycles. The lowest BCUT2D eigenvalue weighted by atomic mass is 9.96. The summed E-state index contributed by atoms with van der Waals surface area (Å²) in [5, 5.41) is 0. The van der Waals surface area contributed by atoms with Crippen LogP contribution in [0.5, 0.6) is 0 Å². The SMILES string of the molecule is CC#CC(=O)C1CCCCCC1. The Morgan fingerprint density at radius 3 is 2.25 bits per heavy atom. The van der Waals surface area contributed by atoms with Gasteiger partial charge in [-0.05, 0) is 25.7 Å². The molecular formula is C11H16O. The van der Waals surface area contributed by atoms with Crippen LogP contribution in [0.4, 0.5) is 0 Å². The minimum absolute atomic E-state index is 0.166. The molecule has 0 bridgehead atoms. The minimum atomic E-state index is 0.166. The first-order valence-electron chi connectivity index (χ1n) is 4.81. The molecule has 1 heteroatoms. The maximum absolute atomic E-state index is 11.4. The first-order valence-corrected chi connectivity index (χ1v) is 4.81. The summed E-state index contributed by atoms with van der Waals surface area (Å²) in [5.74, 6) is 5.76. The van der Waals surface area contributed by atoms with Crippen LogP contribution in [-0.2, 0) is 4.79 Å². The van der Waals surface area contributed by atoms with Gasteiger partial charge in [0.15, 0.2) is 0 Å². The van der Waals surface area contributed by atoms with Gasteiger partial charge >= 0.3 is 0 Å². The summed E-state index contributed by atoms with van der Waals surface area (Å²) in [6, 6.07) is 0. The molecule has 66 valence electrons. The van der Waals surface area contributed by atoms with Crippen LogP contribution >= 0.6 is 0 Å². The van der Waals surface area contributed by atoms with Crippen molar-refractivity contribution in [1.82, 2.24) is 0 Å². The first kappa shape index (κ1) is 9.32. The molecule has 0 amide bonds. The zero-order valence-corrected chi connectivity index (χ0v) is 7.73. The summed E-state index contributed by atoms with van der Waals surface area (Å²) in [6.07, 6.45) is 7.14. The number of hydrogen-bond acceptors (Lipinski definition) is 1. The second kappa shape index (κ2) is 4.98. The Labute approximate surface area is 74.5 Å². The molecule has 0 aromatic rings. The van der Waals surface area contributed by atoms with E-state index in [-0.39, 0.29) is 11.7 Å². The highest BCUT2D eigenvalue weighted by atomic mass is 16.1. The highest BCUT2D eigenvalue weighted by Gasteiger charge is 2.17.